The van der Waals surface area contributed by atoms with Gasteiger partial charge in [-0.2, -0.15) is 0 Å². The molecule has 2 nitrogen and oxygen atoms in total. The molecular weight excluding hydrogens is 234 g/mol. The first-order valence-electron chi connectivity index (χ1n) is 7.36. The van der Waals surface area contributed by atoms with E-state index < -0.39 is 0 Å². The zero-order chi connectivity index (χ0) is 14.4. The van der Waals surface area contributed by atoms with Crippen molar-refractivity contribution >= 4 is 5.78 Å². The third-order valence-electron chi connectivity index (χ3n) is 3.87. The Bertz CT molecular complexity index is 394. The Balaban J connectivity index is 2.72. The van der Waals surface area contributed by atoms with Crippen LogP contribution in [-0.4, -0.2) is 29.8 Å². The fourth-order valence-electron chi connectivity index (χ4n) is 2.17. The molecule has 0 aliphatic heterocycles. The van der Waals surface area contributed by atoms with Crippen LogP contribution in [0.1, 0.15) is 62.9 Å². The van der Waals surface area contributed by atoms with Gasteiger partial charge < -0.3 is 0 Å². The van der Waals surface area contributed by atoms with Gasteiger partial charge in [-0.1, -0.05) is 52.0 Å². The first-order chi connectivity index (χ1) is 8.99. The van der Waals surface area contributed by atoms with E-state index in [1.807, 2.05) is 12.1 Å². The maximum atomic E-state index is 12.3. The molecule has 0 saturated heterocycles. The number of hydrogen-bond donors (Lipinski definition) is 0. The monoisotopic (exact) mass is 261 g/mol. The topological polar surface area (TPSA) is 20.3 Å². The van der Waals surface area contributed by atoms with Crippen molar-refractivity contribution in [2.24, 2.45) is 0 Å². The molecule has 19 heavy (non-hydrogen) atoms. The molecule has 0 fully saturated rings. The molecule has 0 aromatic heterocycles. The van der Waals surface area contributed by atoms with Gasteiger partial charge in [-0.15, -0.1) is 0 Å². The fraction of sp³-hybridized carbons (Fsp3) is 0.588. The van der Waals surface area contributed by atoms with E-state index in [1.165, 1.54) is 5.56 Å². The second-order valence-corrected chi connectivity index (χ2v) is 5.52. The van der Waals surface area contributed by atoms with Gasteiger partial charge in [0, 0.05) is 11.6 Å². The summed E-state index contributed by atoms with van der Waals surface area (Å²) in [5, 5.41) is 0. The van der Waals surface area contributed by atoms with E-state index in [9.17, 15) is 4.79 Å². The number of Topliss-reactive ketones (excluding diaryl/α,β-unsaturated/α-hetero) is 1. The molecule has 0 aliphatic rings. The number of nitrogens with zero attached hydrogens (tertiary/aromatic N) is 1. The molecule has 0 N–H and O–H groups in total. The van der Waals surface area contributed by atoms with E-state index >= 15 is 0 Å². The quantitative estimate of drug-likeness (QED) is 0.688. The number of likely N-dealkylation sites (N-methyl/N-ethyl adjacent to an activating group) is 1. The van der Waals surface area contributed by atoms with E-state index in [-0.39, 0.29) is 5.78 Å². The van der Waals surface area contributed by atoms with Gasteiger partial charge in [0.25, 0.3) is 0 Å². The standard InChI is InChI=1S/C17H27NO/c1-6-14(5)18(7-2)12-17(19)16-10-8-15(9-11-16)13(3)4/h8-11,13-14H,6-7,12H2,1-5H3. The van der Waals surface area contributed by atoms with Crippen LogP contribution in [0.2, 0.25) is 0 Å². The lowest BCUT2D eigenvalue weighted by Crippen LogP contribution is -2.36. The Kier molecular flexibility index (Phi) is 6.23. The molecular formula is C17H27NO. The predicted octanol–water partition coefficient (Wildman–Crippen LogP) is 4.11. The van der Waals surface area contributed by atoms with E-state index in [4.69, 9.17) is 0 Å². The van der Waals surface area contributed by atoms with Gasteiger partial charge in [-0.05, 0) is 31.4 Å². The van der Waals surface area contributed by atoms with Crippen LogP contribution in [-0.2, 0) is 0 Å². The molecule has 1 aromatic carbocycles. The fourth-order valence-corrected chi connectivity index (χ4v) is 2.17. The minimum Gasteiger partial charge on any atom is -0.293 e. The molecule has 1 rings (SSSR count). The molecule has 2 heteroatoms. The van der Waals surface area contributed by atoms with Crippen molar-refractivity contribution in [1.29, 1.82) is 0 Å². The highest BCUT2D eigenvalue weighted by atomic mass is 16.1. The second-order valence-electron chi connectivity index (χ2n) is 5.52. The Morgan fingerprint density at radius 2 is 1.68 bits per heavy atom. The summed E-state index contributed by atoms with van der Waals surface area (Å²) < 4.78 is 0. The molecule has 0 bridgehead atoms. The third-order valence-corrected chi connectivity index (χ3v) is 3.87. The van der Waals surface area contributed by atoms with Crippen LogP contribution in [0, 0.1) is 0 Å². The summed E-state index contributed by atoms with van der Waals surface area (Å²) in [5.41, 5.74) is 2.11. The van der Waals surface area contributed by atoms with Crippen molar-refractivity contribution in [2.75, 3.05) is 13.1 Å². The van der Waals surface area contributed by atoms with E-state index in [0.717, 1.165) is 18.5 Å². The highest BCUT2D eigenvalue weighted by Gasteiger charge is 2.15. The van der Waals surface area contributed by atoms with Crippen molar-refractivity contribution in [3.63, 3.8) is 0 Å². The Morgan fingerprint density at radius 1 is 1.11 bits per heavy atom. The maximum Gasteiger partial charge on any atom is 0.176 e. The molecule has 1 unspecified atom stereocenters. The molecule has 1 aromatic rings. The average molecular weight is 261 g/mol. The van der Waals surface area contributed by atoms with Crippen molar-refractivity contribution < 1.29 is 4.79 Å². The van der Waals surface area contributed by atoms with Crippen molar-refractivity contribution in [3.8, 4) is 0 Å². The van der Waals surface area contributed by atoms with Crippen LogP contribution in [0.25, 0.3) is 0 Å². The van der Waals surface area contributed by atoms with Crippen LogP contribution in [0.5, 0.6) is 0 Å². The number of benzene rings is 1. The largest absolute Gasteiger partial charge is 0.293 e. The summed E-state index contributed by atoms with van der Waals surface area (Å²) >= 11 is 0. The Morgan fingerprint density at radius 3 is 2.11 bits per heavy atom. The molecule has 0 heterocycles. The summed E-state index contributed by atoms with van der Waals surface area (Å²) in [4.78, 5) is 14.5. The molecule has 0 aliphatic carbocycles. The van der Waals surface area contributed by atoms with Crippen molar-refractivity contribution in [2.45, 2.75) is 53.0 Å². The summed E-state index contributed by atoms with van der Waals surface area (Å²) in [6.07, 6.45) is 1.08. The van der Waals surface area contributed by atoms with Crippen LogP contribution in [0.4, 0.5) is 0 Å². The normalized spacial score (nSPS) is 13.0. The Hall–Kier alpha value is -1.15. The molecule has 0 saturated carbocycles. The smallest absolute Gasteiger partial charge is 0.176 e. The molecule has 0 spiro atoms. The van der Waals surface area contributed by atoms with E-state index in [2.05, 4.69) is 51.7 Å². The zero-order valence-corrected chi connectivity index (χ0v) is 12.9. The number of rotatable bonds is 7. The number of carbonyl (C=O) groups excluding carboxylic acids is 1. The first-order valence-corrected chi connectivity index (χ1v) is 7.36. The maximum absolute atomic E-state index is 12.3. The van der Waals surface area contributed by atoms with Gasteiger partial charge in [0.2, 0.25) is 0 Å². The first kappa shape index (κ1) is 15.9. The summed E-state index contributed by atoms with van der Waals surface area (Å²) in [7, 11) is 0. The minimum absolute atomic E-state index is 0.220. The number of ketones is 1. The van der Waals surface area contributed by atoms with E-state index in [0.29, 0.717) is 18.5 Å². The minimum atomic E-state index is 0.220. The molecule has 0 amide bonds. The van der Waals surface area contributed by atoms with E-state index in [1.54, 1.807) is 0 Å². The summed E-state index contributed by atoms with van der Waals surface area (Å²) in [6.45, 7) is 12.2. The highest BCUT2D eigenvalue weighted by Crippen LogP contribution is 2.15. The Labute approximate surface area is 117 Å². The van der Waals surface area contributed by atoms with Crippen molar-refractivity contribution in [3.05, 3.63) is 35.4 Å². The van der Waals surface area contributed by atoms with Gasteiger partial charge in [-0.3, -0.25) is 9.69 Å². The lowest BCUT2D eigenvalue weighted by atomic mass is 10.0. The highest BCUT2D eigenvalue weighted by molar-refractivity contribution is 5.97. The van der Waals surface area contributed by atoms with Gasteiger partial charge in [0.1, 0.15) is 0 Å². The van der Waals surface area contributed by atoms with Crippen LogP contribution >= 0.6 is 0 Å². The lowest BCUT2D eigenvalue weighted by molar-refractivity contribution is 0.0902. The number of carbonyl (C=O) groups is 1. The van der Waals surface area contributed by atoms with Crippen molar-refractivity contribution in [1.82, 2.24) is 4.90 Å². The van der Waals surface area contributed by atoms with Gasteiger partial charge in [0.05, 0.1) is 6.54 Å². The molecule has 0 radical (unpaired) electrons. The van der Waals surface area contributed by atoms with Crippen LogP contribution < -0.4 is 0 Å². The molecule has 1 atom stereocenters. The SMILES string of the molecule is CCC(C)N(CC)CC(=O)c1ccc(C(C)C)cc1. The lowest BCUT2D eigenvalue weighted by Gasteiger charge is -2.26. The molecule has 106 valence electrons. The van der Waals surface area contributed by atoms with Crippen LogP contribution in [0.3, 0.4) is 0 Å². The third kappa shape index (κ3) is 4.46. The predicted molar refractivity (Wildman–Crippen MR) is 81.9 cm³/mol. The summed E-state index contributed by atoms with van der Waals surface area (Å²) in [5.74, 6) is 0.730. The van der Waals surface area contributed by atoms with Gasteiger partial charge in [0.15, 0.2) is 5.78 Å². The van der Waals surface area contributed by atoms with Gasteiger partial charge >= 0.3 is 0 Å². The van der Waals surface area contributed by atoms with Crippen LogP contribution in [0.15, 0.2) is 24.3 Å². The summed E-state index contributed by atoms with van der Waals surface area (Å²) in [6, 6.07) is 8.52. The van der Waals surface area contributed by atoms with Gasteiger partial charge in [-0.25, -0.2) is 0 Å². The number of hydrogen-bond acceptors (Lipinski definition) is 2. The average Bonchev–Trinajstić information content (AvgIpc) is 2.43. The second kappa shape index (κ2) is 7.44. The zero-order valence-electron chi connectivity index (χ0n) is 12.9.